The van der Waals surface area contributed by atoms with E-state index in [-0.39, 0.29) is 4.60 Å². The summed E-state index contributed by atoms with van der Waals surface area (Å²) in [6, 6.07) is 2.05. The van der Waals surface area contributed by atoms with E-state index in [4.69, 9.17) is 0 Å². The Hall–Kier alpha value is -0.650. The van der Waals surface area contributed by atoms with Crippen molar-refractivity contribution in [3.63, 3.8) is 0 Å². The smallest absolute Gasteiger partial charge is 0.164 e. The first kappa shape index (κ1) is 8.45. The van der Waals surface area contributed by atoms with E-state index >= 15 is 0 Å². The summed E-state index contributed by atoms with van der Waals surface area (Å²) in [4.78, 5) is 0. The molecule has 0 spiro atoms. The summed E-state index contributed by atoms with van der Waals surface area (Å²) >= 11 is 2.87. The van der Waals surface area contributed by atoms with Crippen LogP contribution in [0, 0.1) is 0 Å². The molecular weight excluding hydrogens is 225 g/mol. The van der Waals surface area contributed by atoms with Crippen LogP contribution in [0.5, 0.6) is 0 Å². The lowest BCUT2D eigenvalue weighted by atomic mass is 10.4. The third-order valence-electron chi connectivity index (χ3n) is 0.922. The Morgan fingerprint density at radius 1 is 1.18 bits per heavy atom. The molecule has 0 saturated heterocycles. The molecule has 2 nitrogen and oxygen atoms in total. The number of alkyl halides is 3. The Morgan fingerprint density at radius 2 is 1.82 bits per heavy atom. The van der Waals surface area contributed by atoms with Gasteiger partial charge >= 0.3 is 6.18 Å². The predicted molar refractivity (Wildman–Crippen MR) is 34.7 cm³/mol. The van der Waals surface area contributed by atoms with Gasteiger partial charge in [-0.15, -0.1) is 10.2 Å². The number of rotatable bonds is 0. The van der Waals surface area contributed by atoms with Crippen molar-refractivity contribution in [2.75, 3.05) is 0 Å². The van der Waals surface area contributed by atoms with Crippen LogP contribution in [0.25, 0.3) is 0 Å². The molecule has 0 saturated carbocycles. The number of hydrogen-bond acceptors (Lipinski definition) is 2. The largest absolute Gasteiger partial charge is 0.435 e. The zero-order valence-electron chi connectivity index (χ0n) is 5.06. The molecule has 0 unspecified atom stereocenters. The molecule has 0 bridgehead atoms. The van der Waals surface area contributed by atoms with Crippen molar-refractivity contribution in [1.29, 1.82) is 0 Å². The van der Waals surface area contributed by atoms with Crippen LogP contribution in [0.15, 0.2) is 16.7 Å². The highest BCUT2D eigenvalue weighted by atomic mass is 79.9. The third-order valence-corrected chi connectivity index (χ3v) is 1.35. The van der Waals surface area contributed by atoms with Gasteiger partial charge < -0.3 is 0 Å². The van der Waals surface area contributed by atoms with Crippen LogP contribution in [0.2, 0.25) is 0 Å². The third kappa shape index (κ3) is 2.14. The van der Waals surface area contributed by atoms with Gasteiger partial charge in [0.2, 0.25) is 0 Å². The maximum atomic E-state index is 11.8. The fraction of sp³-hybridized carbons (Fsp3) is 0.200. The van der Waals surface area contributed by atoms with Crippen LogP contribution in [0.4, 0.5) is 13.2 Å². The standard InChI is InChI=1S/C5H2BrF3N2/c6-4-2-1-3(10-11-4)5(7,8)9/h1-2H. The van der Waals surface area contributed by atoms with Crippen LogP contribution < -0.4 is 0 Å². The van der Waals surface area contributed by atoms with Gasteiger partial charge in [0.05, 0.1) is 0 Å². The highest BCUT2D eigenvalue weighted by Crippen LogP contribution is 2.26. The van der Waals surface area contributed by atoms with E-state index in [1.807, 2.05) is 0 Å². The summed E-state index contributed by atoms with van der Waals surface area (Å²) < 4.78 is 35.7. The summed E-state index contributed by atoms with van der Waals surface area (Å²) in [7, 11) is 0. The fourth-order valence-corrected chi connectivity index (χ4v) is 0.679. The van der Waals surface area contributed by atoms with Gasteiger partial charge in [0.1, 0.15) is 4.60 Å². The van der Waals surface area contributed by atoms with Crippen LogP contribution in [-0.2, 0) is 6.18 Å². The number of hydrogen-bond donors (Lipinski definition) is 0. The quantitative estimate of drug-likeness (QED) is 0.679. The van der Waals surface area contributed by atoms with Crippen molar-refractivity contribution in [3.05, 3.63) is 22.4 Å². The van der Waals surface area contributed by atoms with E-state index in [2.05, 4.69) is 26.1 Å². The van der Waals surface area contributed by atoms with Gasteiger partial charge in [-0.3, -0.25) is 0 Å². The average Bonchev–Trinajstić information content (AvgIpc) is 1.86. The second-order valence-electron chi connectivity index (χ2n) is 1.74. The molecule has 0 N–H and O–H groups in total. The molecular formula is C5H2BrF3N2. The molecule has 11 heavy (non-hydrogen) atoms. The lowest BCUT2D eigenvalue weighted by molar-refractivity contribution is -0.141. The van der Waals surface area contributed by atoms with Gasteiger partial charge in [-0.2, -0.15) is 13.2 Å². The first-order valence-electron chi connectivity index (χ1n) is 2.56. The highest BCUT2D eigenvalue weighted by Gasteiger charge is 2.32. The Labute approximate surface area is 68.6 Å². The minimum Gasteiger partial charge on any atom is -0.164 e. The number of nitrogens with zero attached hydrogens (tertiary/aromatic N) is 2. The molecule has 60 valence electrons. The Morgan fingerprint density at radius 3 is 2.18 bits per heavy atom. The van der Waals surface area contributed by atoms with Crippen LogP contribution in [0.3, 0.4) is 0 Å². The van der Waals surface area contributed by atoms with Crippen molar-refractivity contribution in [2.45, 2.75) is 6.18 Å². The second-order valence-corrected chi connectivity index (χ2v) is 2.55. The topological polar surface area (TPSA) is 25.8 Å². The fourth-order valence-electron chi connectivity index (χ4n) is 0.467. The minimum atomic E-state index is -4.41. The number of aromatic nitrogens is 2. The minimum absolute atomic E-state index is 0.283. The van der Waals surface area contributed by atoms with Crippen LogP contribution >= 0.6 is 15.9 Å². The average molecular weight is 227 g/mol. The van der Waals surface area contributed by atoms with Crippen molar-refractivity contribution >= 4 is 15.9 Å². The van der Waals surface area contributed by atoms with E-state index < -0.39 is 11.9 Å². The van der Waals surface area contributed by atoms with Gasteiger partial charge in [-0.25, -0.2) is 0 Å². The second kappa shape index (κ2) is 2.77. The van der Waals surface area contributed by atoms with Crippen LogP contribution in [-0.4, -0.2) is 10.2 Å². The predicted octanol–water partition coefficient (Wildman–Crippen LogP) is 2.26. The molecule has 0 atom stereocenters. The highest BCUT2D eigenvalue weighted by molar-refractivity contribution is 9.10. The Balaban J connectivity index is 2.99. The Kier molecular flexibility index (Phi) is 2.12. The molecule has 6 heteroatoms. The van der Waals surface area contributed by atoms with Gasteiger partial charge in [-0.1, -0.05) is 0 Å². The maximum absolute atomic E-state index is 11.8. The van der Waals surface area contributed by atoms with E-state index in [0.29, 0.717) is 0 Å². The molecule has 0 radical (unpaired) electrons. The normalized spacial score (nSPS) is 11.6. The molecule has 0 amide bonds. The summed E-state index contributed by atoms with van der Waals surface area (Å²) in [6.07, 6.45) is -4.41. The first-order valence-corrected chi connectivity index (χ1v) is 3.36. The van der Waals surface area contributed by atoms with E-state index in [1.165, 1.54) is 6.07 Å². The van der Waals surface area contributed by atoms with Crippen molar-refractivity contribution in [1.82, 2.24) is 10.2 Å². The summed E-state index contributed by atoms with van der Waals surface area (Å²) in [6.45, 7) is 0. The summed E-state index contributed by atoms with van der Waals surface area (Å²) in [5.74, 6) is 0. The van der Waals surface area contributed by atoms with Gasteiger partial charge in [0, 0.05) is 0 Å². The van der Waals surface area contributed by atoms with E-state index in [0.717, 1.165) is 6.07 Å². The van der Waals surface area contributed by atoms with E-state index in [9.17, 15) is 13.2 Å². The van der Waals surface area contributed by atoms with Gasteiger partial charge in [0.25, 0.3) is 0 Å². The summed E-state index contributed by atoms with van der Waals surface area (Å²) in [5, 5.41) is 6.12. The zero-order chi connectivity index (χ0) is 8.48. The molecule has 1 aromatic rings. The lowest BCUT2D eigenvalue weighted by Crippen LogP contribution is -2.08. The first-order chi connectivity index (χ1) is 5.00. The SMILES string of the molecule is FC(F)(F)c1ccc(Br)nn1. The molecule has 0 aliphatic carbocycles. The molecule has 1 aromatic heterocycles. The van der Waals surface area contributed by atoms with Crippen molar-refractivity contribution in [2.24, 2.45) is 0 Å². The molecule has 0 aliphatic heterocycles. The molecule has 1 rings (SSSR count). The van der Waals surface area contributed by atoms with E-state index in [1.54, 1.807) is 0 Å². The van der Waals surface area contributed by atoms with Crippen LogP contribution in [0.1, 0.15) is 5.69 Å². The monoisotopic (exact) mass is 226 g/mol. The summed E-state index contributed by atoms with van der Waals surface area (Å²) in [5.41, 5.74) is -0.985. The van der Waals surface area contributed by atoms with Gasteiger partial charge in [0.15, 0.2) is 5.69 Å². The molecule has 0 aromatic carbocycles. The molecule has 1 heterocycles. The van der Waals surface area contributed by atoms with Crippen molar-refractivity contribution in [3.8, 4) is 0 Å². The zero-order valence-corrected chi connectivity index (χ0v) is 6.65. The molecule has 0 fully saturated rings. The van der Waals surface area contributed by atoms with Gasteiger partial charge in [-0.05, 0) is 28.1 Å². The number of halogens is 4. The van der Waals surface area contributed by atoms with Crippen molar-refractivity contribution < 1.29 is 13.2 Å². The maximum Gasteiger partial charge on any atom is 0.435 e. The lowest BCUT2D eigenvalue weighted by Gasteiger charge is -2.02. The Bertz CT molecular complexity index is 243. The molecule has 0 aliphatic rings.